The first kappa shape index (κ1) is 39.8. The molecule has 0 aromatic heterocycles. The monoisotopic (exact) mass is 825 g/mol. The topological polar surface area (TPSA) is 135 Å². The van der Waals surface area contributed by atoms with Gasteiger partial charge in [-0.1, -0.05) is 90.5 Å². The van der Waals surface area contributed by atoms with Gasteiger partial charge in [0.1, 0.15) is 11.4 Å². The maximum atomic E-state index is 14.9. The lowest BCUT2D eigenvalue weighted by molar-refractivity contribution is -0.384. The number of ether oxygens (including phenoxy) is 2. The van der Waals surface area contributed by atoms with Crippen LogP contribution in [0.4, 0.5) is 11.4 Å². The molecule has 4 aromatic carbocycles. The van der Waals surface area contributed by atoms with Crippen LogP contribution in [0.1, 0.15) is 35.6 Å². The molecule has 0 radical (unpaired) electrons. The number of fused-ring (bicyclic) bond motifs is 2. The van der Waals surface area contributed by atoms with Crippen molar-refractivity contribution in [3.05, 3.63) is 146 Å². The molecule has 0 bridgehead atoms. The van der Waals surface area contributed by atoms with Gasteiger partial charge < -0.3 is 24.6 Å². The predicted octanol–water partition coefficient (Wildman–Crippen LogP) is 7.39. The molecule has 4 aromatic rings. The third kappa shape index (κ3) is 8.48. The lowest BCUT2D eigenvalue weighted by Gasteiger charge is -2.41. The number of carbonyl (C=O) groups excluding carboxylic acids is 3. The van der Waals surface area contributed by atoms with Gasteiger partial charge in [-0.25, -0.2) is 0 Å². The van der Waals surface area contributed by atoms with Gasteiger partial charge in [-0.2, -0.15) is 0 Å². The summed E-state index contributed by atoms with van der Waals surface area (Å²) in [6, 6.07) is 30.3. The molecule has 12 nitrogen and oxygen atoms in total. The Bertz CT molecular complexity index is 2190. The molecule has 15 heteroatoms. The molecular formula is C42H40ClN5O7S2. The number of nitrogens with zero attached hydrogens (tertiary/aromatic N) is 4. The van der Waals surface area contributed by atoms with Gasteiger partial charge in [0, 0.05) is 42.2 Å². The highest BCUT2D eigenvalue weighted by molar-refractivity contribution is 8.04. The Labute approximate surface area is 344 Å². The minimum atomic E-state index is -1.55. The van der Waals surface area contributed by atoms with Crippen molar-refractivity contribution in [1.29, 1.82) is 0 Å². The number of nitro groups is 1. The van der Waals surface area contributed by atoms with Crippen LogP contribution < -0.4 is 10.1 Å². The zero-order valence-electron chi connectivity index (χ0n) is 31.0. The number of nitro benzene ring substituents is 1. The van der Waals surface area contributed by atoms with Crippen molar-refractivity contribution in [3.8, 4) is 5.75 Å². The van der Waals surface area contributed by atoms with Crippen LogP contribution in [0.25, 0.3) is 0 Å². The molecular weight excluding hydrogens is 786 g/mol. The number of thioether (sulfide) groups is 1. The van der Waals surface area contributed by atoms with E-state index in [1.807, 2.05) is 83.8 Å². The highest BCUT2D eigenvalue weighted by atomic mass is 35.5. The Hall–Kier alpha value is -5.44. The van der Waals surface area contributed by atoms with Gasteiger partial charge >= 0.3 is 0 Å². The number of piperidine rings is 1. The quantitative estimate of drug-likeness (QED) is 0.0664. The van der Waals surface area contributed by atoms with E-state index in [1.54, 1.807) is 23.1 Å². The van der Waals surface area contributed by atoms with Crippen molar-refractivity contribution in [1.82, 2.24) is 14.7 Å². The van der Waals surface area contributed by atoms with Gasteiger partial charge in [0.05, 0.1) is 29.2 Å². The summed E-state index contributed by atoms with van der Waals surface area (Å²) in [5.74, 6) is -0.688. The second kappa shape index (κ2) is 17.8. The number of amides is 2. The molecule has 0 spiro atoms. The summed E-state index contributed by atoms with van der Waals surface area (Å²) < 4.78 is 10.8. The van der Waals surface area contributed by atoms with Crippen LogP contribution in [0.5, 0.6) is 5.75 Å². The molecule has 4 atom stereocenters. The number of aryl methyl sites for hydroxylation is 1. The Kier molecular flexibility index (Phi) is 12.4. The van der Waals surface area contributed by atoms with E-state index >= 15 is 0 Å². The lowest BCUT2D eigenvalue weighted by atomic mass is 9.82. The van der Waals surface area contributed by atoms with E-state index < -0.39 is 23.1 Å². The molecule has 57 heavy (non-hydrogen) atoms. The summed E-state index contributed by atoms with van der Waals surface area (Å²) in [4.78, 5) is 58.4. The van der Waals surface area contributed by atoms with Crippen LogP contribution in [0.15, 0.2) is 114 Å². The zero-order chi connectivity index (χ0) is 40.1. The number of nitrogens with one attached hydrogen (secondary N) is 1. The maximum Gasteiger partial charge on any atom is 0.296 e. The number of rotatable bonds is 12. The van der Waals surface area contributed by atoms with Crippen LogP contribution in [0.2, 0.25) is 5.02 Å². The molecule has 294 valence electrons. The minimum absolute atomic E-state index is 0.0516. The average Bonchev–Trinajstić information content (AvgIpc) is 3.56. The van der Waals surface area contributed by atoms with E-state index in [0.29, 0.717) is 58.8 Å². The van der Waals surface area contributed by atoms with Gasteiger partial charge in [0.2, 0.25) is 5.91 Å². The number of carbonyl (C=O) groups is 3. The highest BCUT2D eigenvalue weighted by Gasteiger charge is 2.53. The molecule has 3 heterocycles. The summed E-state index contributed by atoms with van der Waals surface area (Å²) in [7, 11) is 1.44. The molecule has 1 fully saturated rings. The molecule has 0 saturated carbocycles. The number of benzene rings is 4. The van der Waals surface area contributed by atoms with Crippen LogP contribution in [0.3, 0.4) is 0 Å². The predicted molar refractivity (Wildman–Crippen MR) is 223 cm³/mol. The van der Waals surface area contributed by atoms with Crippen molar-refractivity contribution < 1.29 is 28.8 Å². The van der Waals surface area contributed by atoms with E-state index in [4.69, 9.17) is 33.3 Å². The Balaban J connectivity index is 1.27. The van der Waals surface area contributed by atoms with Crippen molar-refractivity contribution in [3.63, 3.8) is 0 Å². The molecule has 7 rings (SSSR count). The maximum absolute atomic E-state index is 14.9. The fourth-order valence-corrected chi connectivity index (χ4v) is 10.0. The smallest absolute Gasteiger partial charge is 0.296 e. The Morgan fingerprint density at radius 2 is 1.70 bits per heavy atom. The molecule has 4 unspecified atom stereocenters. The van der Waals surface area contributed by atoms with Crippen LogP contribution >= 0.6 is 35.6 Å². The largest absolute Gasteiger partial charge is 0.496 e. The van der Waals surface area contributed by atoms with Crippen molar-refractivity contribution in [2.45, 2.75) is 43.2 Å². The standard InChI is InChI=1S/C42H40ClN5O7S2/c1-54-29-17-18-33(34(24-29)48(52)53)44-42(56)45-22-21-31-35(25-45)57-41-37(31)38(30-14-8-9-15-32(30)43)47(36(50)19-16-27-10-4-2-5-11-27)40(55-26-49)39(51)46(41)23-20-28-12-6-3-7-13-28/h2-15,17-18,24,26,31,35,38,40H,16,19-23,25H2,1H3,(H,44,56). The number of halogens is 1. The number of anilines is 1. The second-order valence-electron chi connectivity index (χ2n) is 13.8. The SMILES string of the molecule is COc1ccc(NC(=S)N2CCC3C4=C(SC3C2)N(CCc2ccccc2)C(=O)C(OC=O)N(C(=O)CCc2ccccc2)C4c2ccccc2Cl)c([N+](=O)[O-])c1. The summed E-state index contributed by atoms with van der Waals surface area (Å²) in [5, 5.41) is 16.3. The van der Waals surface area contributed by atoms with Crippen LogP contribution in [-0.4, -0.2) is 81.2 Å². The summed E-state index contributed by atoms with van der Waals surface area (Å²) >= 11 is 14.4. The van der Waals surface area contributed by atoms with Gasteiger partial charge in [-0.05, 0) is 71.9 Å². The highest BCUT2D eigenvalue weighted by Crippen LogP contribution is 2.55. The molecule has 3 aliphatic rings. The van der Waals surface area contributed by atoms with E-state index in [1.165, 1.54) is 29.8 Å². The fraction of sp³-hybridized carbons (Fsp3) is 0.286. The number of likely N-dealkylation sites (tertiary alicyclic amines) is 1. The minimum Gasteiger partial charge on any atom is -0.496 e. The Morgan fingerprint density at radius 3 is 2.37 bits per heavy atom. The molecule has 0 aliphatic carbocycles. The lowest BCUT2D eigenvalue weighted by Crippen LogP contribution is -2.53. The van der Waals surface area contributed by atoms with Gasteiger partial charge in [-0.15, -0.1) is 11.8 Å². The molecule has 1 N–H and O–H groups in total. The van der Waals surface area contributed by atoms with Gasteiger partial charge in [0.15, 0.2) is 5.11 Å². The van der Waals surface area contributed by atoms with Crippen molar-refractivity contribution in [2.75, 3.05) is 32.1 Å². The molecule has 2 amide bonds. The van der Waals surface area contributed by atoms with E-state index in [9.17, 15) is 24.5 Å². The third-order valence-corrected chi connectivity index (χ3v) is 12.7. The molecule has 3 aliphatic heterocycles. The molecule has 1 saturated heterocycles. The van der Waals surface area contributed by atoms with E-state index in [0.717, 1.165) is 16.7 Å². The van der Waals surface area contributed by atoms with Crippen LogP contribution in [-0.2, 0) is 32.0 Å². The first-order valence-corrected chi connectivity index (χ1v) is 20.2. The zero-order valence-corrected chi connectivity index (χ0v) is 33.4. The number of thiocarbonyl (C=S) groups is 1. The normalized spacial score (nSPS) is 20.3. The van der Waals surface area contributed by atoms with E-state index in [2.05, 4.69) is 5.32 Å². The summed E-state index contributed by atoms with van der Waals surface area (Å²) in [5.41, 5.74) is 3.50. The van der Waals surface area contributed by atoms with E-state index in [-0.39, 0.29) is 47.9 Å². The van der Waals surface area contributed by atoms with Gasteiger partial charge in [-0.3, -0.25) is 29.4 Å². The van der Waals surface area contributed by atoms with Crippen LogP contribution in [0, 0.1) is 16.0 Å². The van der Waals surface area contributed by atoms with Gasteiger partial charge in [0.25, 0.3) is 24.3 Å². The number of hydrogen-bond acceptors (Lipinski definition) is 9. The second-order valence-corrected chi connectivity index (χ2v) is 15.9. The first-order valence-electron chi connectivity index (χ1n) is 18.5. The number of hydrogen-bond donors (Lipinski definition) is 1. The fourth-order valence-electron chi connectivity index (χ4n) is 7.80. The summed E-state index contributed by atoms with van der Waals surface area (Å²) in [6.45, 7) is 1.42. The first-order chi connectivity index (χ1) is 27.7. The van der Waals surface area contributed by atoms with Crippen molar-refractivity contribution >= 4 is 70.4 Å². The third-order valence-electron chi connectivity index (χ3n) is 10.6. The summed E-state index contributed by atoms with van der Waals surface area (Å²) in [6.07, 6.45) is -0.00748. The van der Waals surface area contributed by atoms with Crippen molar-refractivity contribution in [2.24, 2.45) is 5.92 Å². The number of methoxy groups -OCH3 is 1. The Morgan fingerprint density at radius 1 is 1.02 bits per heavy atom. The average molecular weight is 826 g/mol.